The molecule has 1 aromatic carbocycles. The van der Waals surface area contributed by atoms with E-state index in [1.54, 1.807) is 0 Å². The van der Waals surface area contributed by atoms with E-state index in [1.807, 2.05) is 24.3 Å². The zero-order valence-electron chi connectivity index (χ0n) is 12.2. The summed E-state index contributed by atoms with van der Waals surface area (Å²) < 4.78 is 1.03. The molecule has 2 aliphatic rings. The Morgan fingerprint density at radius 2 is 1.71 bits per heavy atom. The van der Waals surface area contributed by atoms with Crippen molar-refractivity contribution in [3.05, 3.63) is 34.3 Å². The molecule has 2 aliphatic carbocycles. The average Bonchev–Trinajstić information content (AvgIpc) is 3.31. The Morgan fingerprint density at radius 3 is 2.24 bits per heavy atom. The highest BCUT2D eigenvalue weighted by Crippen LogP contribution is 2.49. The highest BCUT2D eigenvalue weighted by Gasteiger charge is 2.52. The van der Waals surface area contributed by atoms with Gasteiger partial charge in [0.25, 0.3) is 0 Å². The van der Waals surface area contributed by atoms with Crippen molar-refractivity contribution in [1.82, 2.24) is 5.32 Å². The summed E-state index contributed by atoms with van der Waals surface area (Å²) in [6.07, 6.45) is 6.98. The first-order chi connectivity index (χ1) is 10.1. The molecule has 21 heavy (non-hydrogen) atoms. The number of aliphatic hydroxyl groups is 1. The minimum Gasteiger partial charge on any atom is -0.394 e. The van der Waals surface area contributed by atoms with Gasteiger partial charge < -0.3 is 10.4 Å². The molecule has 0 atom stereocenters. The Kier molecular flexibility index (Phi) is 4.10. The van der Waals surface area contributed by atoms with Crippen LogP contribution in [0.4, 0.5) is 0 Å². The van der Waals surface area contributed by atoms with E-state index in [-0.39, 0.29) is 23.5 Å². The Bertz CT molecular complexity index is 516. The van der Waals surface area contributed by atoms with E-state index in [2.05, 4.69) is 21.2 Å². The fraction of sp³-hybridized carbons (Fsp3) is 0.588. The zero-order valence-corrected chi connectivity index (χ0v) is 13.8. The predicted octanol–water partition coefficient (Wildman–Crippen LogP) is 3.29. The second-order valence-electron chi connectivity index (χ2n) is 6.54. The molecule has 0 aliphatic heterocycles. The molecule has 0 aromatic heterocycles. The van der Waals surface area contributed by atoms with Crippen LogP contribution in [0.5, 0.6) is 0 Å². The minimum atomic E-state index is -0.389. The van der Waals surface area contributed by atoms with Gasteiger partial charge in [0.05, 0.1) is 17.6 Å². The standard InChI is InChI=1S/C17H22BrNO2/c18-14-6-4-13(5-7-14)17(10-11-17)15(21)19-16(12-20)8-2-1-3-9-16/h4-7,20H,1-3,8-12H2,(H,19,21). The Hall–Kier alpha value is -0.870. The van der Waals surface area contributed by atoms with Crippen molar-refractivity contribution < 1.29 is 9.90 Å². The van der Waals surface area contributed by atoms with Gasteiger partial charge in [-0.05, 0) is 43.4 Å². The monoisotopic (exact) mass is 351 g/mol. The minimum absolute atomic E-state index is 0.0508. The van der Waals surface area contributed by atoms with E-state index in [1.165, 1.54) is 6.42 Å². The molecule has 114 valence electrons. The summed E-state index contributed by atoms with van der Waals surface area (Å²) in [6, 6.07) is 8.04. The topological polar surface area (TPSA) is 49.3 Å². The van der Waals surface area contributed by atoms with Crippen molar-refractivity contribution in [2.45, 2.75) is 55.9 Å². The number of rotatable bonds is 4. The molecule has 3 nitrogen and oxygen atoms in total. The van der Waals surface area contributed by atoms with Gasteiger partial charge in [-0.25, -0.2) is 0 Å². The molecule has 2 saturated carbocycles. The van der Waals surface area contributed by atoms with Crippen molar-refractivity contribution in [3.8, 4) is 0 Å². The van der Waals surface area contributed by atoms with Crippen LogP contribution in [0.1, 0.15) is 50.5 Å². The van der Waals surface area contributed by atoms with Gasteiger partial charge in [-0.3, -0.25) is 4.79 Å². The molecule has 0 bridgehead atoms. The summed E-state index contributed by atoms with van der Waals surface area (Å²) in [5.41, 5.74) is 0.341. The molecular weight excluding hydrogens is 330 g/mol. The van der Waals surface area contributed by atoms with Gasteiger partial charge in [-0.2, -0.15) is 0 Å². The van der Waals surface area contributed by atoms with Gasteiger partial charge in [-0.15, -0.1) is 0 Å². The lowest BCUT2D eigenvalue weighted by atomic mass is 9.81. The molecule has 1 amide bonds. The summed E-state index contributed by atoms with van der Waals surface area (Å²) in [5.74, 6) is 0.0979. The number of amides is 1. The molecule has 0 spiro atoms. The summed E-state index contributed by atoms with van der Waals surface area (Å²) in [6.45, 7) is 0.0508. The van der Waals surface area contributed by atoms with E-state index >= 15 is 0 Å². The molecule has 0 saturated heterocycles. The lowest BCUT2D eigenvalue weighted by Gasteiger charge is -2.37. The third-order valence-corrected chi connectivity index (χ3v) is 5.60. The molecule has 1 aromatic rings. The van der Waals surface area contributed by atoms with E-state index in [0.717, 1.165) is 48.6 Å². The molecule has 0 heterocycles. The van der Waals surface area contributed by atoms with Gasteiger partial charge >= 0.3 is 0 Å². The second kappa shape index (κ2) is 5.73. The Labute approximate surface area is 134 Å². The van der Waals surface area contributed by atoms with Crippen LogP contribution in [0.25, 0.3) is 0 Å². The molecule has 4 heteroatoms. The van der Waals surface area contributed by atoms with Crippen molar-refractivity contribution in [2.24, 2.45) is 0 Å². The van der Waals surface area contributed by atoms with Crippen molar-refractivity contribution in [2.75, 3.05) is 6.61 Å². The maximum atomic E-state index is 12.8. The van der Waals surface area contributed by atoms with Crippen LogP contribution in [-0.4, -0.2) is 23.2 Å². The second-order valence-corrected chi connectivity index (χ2v) is 7.46. The smallest absolute Gasteiger partial charge is 0.231 e. The third kappa shape index (κ3) is 2.88. The predicted molar refractivity (Wildman–Crippen MR) is 86.1 cm³/mol. The van der Waals surface area contributed by atoms with Crippen LogP contribution in [0.3, 0.4) is 0 Å². The number of carbonyl (C=O) groups excluding carboxylic acids is 1. The summed E-state index contributed by atoms with van der Waals surface area (Å²) in [5, 5.41) is 13.0. The fourth-order valence-corrected chi connectivity index (χ4v) is 3.72. The summed E-state index contributed by atoms with van der Waals surface area (Å²) in [4.78, 5) is 12.8. The normalized spacial score (nSPS) is 22.6. The number of hydrogen-bond donors (Lipinski definition) is 2. The Balaban J connectivity index is 1.76. The van der Waals surface area contributed by atoms with Crippen molar-refractivity contribution in [3.63, 3.8) is 0 Å². The molecule has 2 N–H and O–H groups in total. The van der Waals surface area contributed by atoms with Crippen LogP contribution in [0.2, 0.25) is 0 Å². The quantitative estimate of drug-likeness (QED) is 0.874. The van der Waals surface area contributed by atoms with Crippen LogP contribution in [0.15, 0.2) is 28.7 Å². The lowest BCUT2D eigenvalue weighted by molar-refractivity contribution is -0.126. The zero-order chi connectivity index (χ0) is 14.9. The largest absolute Gasteiger partial charge is 0.394 e. The third-order valence-electron chi connectivity index (χ3n) is 5.07. The van der Waals surface area contributed by atoms with Crippen molar-refractivity contribution in [1.29, 1.82) is 0 Å². The van der Waals surface area contributed by atoms with E-state index < -0.39 is 0 Å². The van der Waals surface area contributed by atoms with Gasteiger partial charge in [0.15, 0.2) is 0 Å². The number of nitrogens with one attached hydrogen (secondary N) is 1. The van der Waals surface area contributed by atoms with E-state index in [4.69, 9.17) is 0 Å². The molecule has 2 fully saturated rings. The van der Waals surface area contributed by atoms with Gasteiger partial charge in [-0.1, -0.05) is 47.3 Å². The average molecular weight is 352 g/mol. The highest BCUT2D eigenvalue weighted by molar-refractivity contribution is 9.10. The van der Waals surface area contributed by atoms with Crippen LogP contribution >= 0.6 is 15.9 Å². The maximum Gasteiger partial charge on any atom is 0.231 e. The SMILES string of the molecule is O=C(NC1(CO)CCCCC1)C1(c2ccc(Br)cc2)CC1. The first-order valence-electron chi connectivity index (χ1n) is 7.80. The number of carbonyl (C=O) groups is 1. The fourth-order valence-electron chi connectivity index (χ4n) is 3.45. The Morgan fingerprint density at radius 1 is 1.10 bits per heavy atom. The van der Waals surface area contributed by atoms with Crippen LogP contribution < -0.4 is 5.32 Å². The molecular formula is C17H22BrNO2. The molecule has 0 radical (unpaired) electrons. The van der Waals surface area contributed by atoms with Gasteiger partial charge in [0, 0.05) is 4.47 Å². The van der Waals surface area contributed by atoms with E-state index in [9.17, 15) is 9.90 Å². The highest BCUT2D eigenvalue weighted by atomic mass is 79.9. The maximum absolute atomic E-state index is 12.8. The summed E-state index contributed by atoms with van der Waals surface area (Å²) >= 11 is 3.44. The van der Waals surface area contributed by atoms with Gasteiger partial charge in [0.1, 0.15) is 0 Å². The molecule has 0 unspecified atom stereocenters. The first-order valence-corrected chi connectivity index (χ1v) is 8.59. The van der Waals surface area contributed by atoms with Crippen LogP contribution in [-0.2, 0) is 10.2 Å². The van der Waals surface area contributed by atoms with Crippen LogP contribution in [0, 0.1) is 0 Å². The number of benzene rings is 1. The number of aliphatic hydroxyl groups excluding tert-OH is 1. The van der Waals surface area contributed by atoms with Crippen molar-refractivity contribution >= 4 is 21.8 Å². The summed E-state index contributed by atoms with van der Waals surface area (Å²) in [7, 11) is 0. The number of hydrogen-bond acceptors (Lipinski definition) is 2. The number of halogens is 1. The molecule has 3 rings (SSSR count). The first kappa shape index (κ1) is 15.0. The van der Waals surface area contributed by atoms with Gasteiger partial charge in [0.2, 0.25) is 5.91 Å². The van der Waals surface area contributed by atoms with E-state index in [0.29, 0.717) is 0 Å². The lowest BCUT2D eigenvalue weighted by Crippen LogP contribution is -2.55.